The lowest BCUT2D eigenvalue weighted by Crippen LogP contribution is -2.51. The van der Waals surface area contributed by atoms with Crippen LogP contribution in [0.15, 0.2) is 66.7 Å². The van der Waals surface area contributed by atoms with Crippen LogP contribution in [0.3, 0.4) is 0 Å². The first-order valence-electron chi connectivity index (χ1n) is 9.76. The van der Waals surface area contributed by atoms with E-state index in [1.165, 1.54) is 31.2 Å². The van der Waals surface area contributed by atoms with E-state index in [1.807, 2.05) is 0 Å². The molecule has 2 atom stereocenters. The number of hydrogen-bond donors (Lipinski definition) is 4. The third-order valence-corrected chi connectivity index (χ3v) is 4.42. The van der Waals surface area contributed by atoms with E-state index in [0.29, 0.717) is 17.2 Å². The number of nitrogens with zero attached hydrogens (tertiary/aromatic N) is 1. The van der Waals surface area contributed by atoms with Gasteiger partial charge in [-0.15, -0.1) is 0 Å². The molecule has 3 rings (SSSR count). The van der Waals surface area contributed by atoms with E-state index in [0.717, 1.165) is 5.56 Å². The molecule has 3 aromatic rings. The van der Waals surface area contributed by atoms with Gasteiger partial charge in [-0.1, -0.05) is 6.07 Å². The van der Waals surface area contributed by atoms with Crippen molar-refractivity contribution < 1.29 is 28.9 Å². The fourth-order valence-electron chi connectivity index (χ4n) is 2.83. The minimum absolute atomic E-state index is 0.225. The van der Waals surface area contributed by atoms with E-state index < -0.39 is 30.6 Å². The first kappa shape index (κ1) is 22.9. The number of carbonyl (C=O) groups excluding carboxylic acids is 2. The number of aliphatic hydroxyl groups is 2. The van der Waals surface area contributed by atoms with E-state index >= 15 is 0 Å². The normalized spacial score (nSPS) is 12.5. The van der Waals surface area contributed by atoms with Gasteiger partial charge in [0, 0.05) is 5.56 Å². The Bertz CT molecular complexity index is 1070. The lowest BCUT2D eigenvalue weighted by Gasteiger charge is -2.20. The van der Waals surface area contributed by atoms with Crippen molar-refractivity contribution in [1.82, 2.24) is 10.3 Å². The molecule has 8 nitrogen and oxygen atoms in total. The number of aliphatic hydroxyl groups excluding tert-OH is 2. The number of ether oxygens (including phenoxy) is 1. The summed E-state index contributed by atoms with van der Waals surface area (Å²) in [6, 6.07) is 16.5. The summed E-state index contributed by atoms with van der Waals surface area (Å²) in [6.45, 7) is 0.548. The number of halogens is 1. The van der Waals surface area contributed by atoms with Gasteiger partial charge in [0.05, 0.1) is 11.8 Å². The van der Waals surface area contributed by atoms with E-state index in [2.05, 4.69) is 15.6 Å². The number of nitrogens with one attached hydrogen (secondary N) is 2. The Hall–Kier alpha value is -3.82. The number of anilines is 1. The molecule has 4 N–H and O–H groups in total. The molecule has 0 aliphatic carbocycles. The molecule has 0 bridgehead atoms. The summed E-state index contributed by atoms with van der Waals surface area (Å²) in [4.78, 5) is 28.2. The van der Waals surface area contributed by atoms with Crippen LogP contribution in [0.4, 0.5) is 10.2 Å². The summed E-state index contributed by atoms with van der Waals surface area (Å²) in [7, 11) is 0. The number of amides is 2. The Morgan fingerprint density at radius 3 is 2.25 bits per heavy atom. The number of rotatable bonds is 8. The molecule has 32 heavy (non-hydrogen) atoms. The van der Waals surface area contributed by atoms with Crippen LogP contribution in [0.5, 0.6) is 11.5 Å². The van der Waals surface area contributed by atoms with Crippen molar-refractivity contribution in [2.45, 2.75) is 19.1 Å². The predicted molar refractivity (Wildman–Crippen MR) is 115 cm³/mol. The molecule has 0 spiro atoms. The van der Waals surface area contributed by atoms with Gasteiger partial charge < -0.3 is 25.6 Å². The Labute approximate surface area is 183 Å². The fraction of sp³-hybridized carbons (Fsp3) is 0.174. The molecule has 0 radical (unpaired) electrons. The summed E-state index contributed by atoms with van der Waals surface area (Å²) in [5.41, 5.74) is 1.33. The van der Waals surface area contributed by atoms with Gasteiger partial charge in [0.15, 0.2) is 0 Å². The van der Waals surface area contributed by atoms with Gasteiger partial charge in [-0.05, 0) is 67.6 Å². The number of benzene rings is 2. The van der Waals surface area contributed by atoms with Crippen molar-refractivity contribution in [3.63, 3.8) is 0 Å². The molecule has 2 amide bonds. The standard InChI is InChI=1S/C23H22FN3O5/c1-14(29)22(27-21(30)13-28)23(31)26-20-4-2-3-19(25-20)15-5-9-17(10-6-15)32-18-11-7-16(24)8-12-18/h2-12,14,22,28-29H,13H2,1H3,(H,27,30)(H,25,26,31)/t14-,22-/m0/s1. The molecule has 1 aromatic heterocycles. The van der Waals surface area contributed by atoms with Crippen LogP contribution in [-0.4, -0.2) is 45.8 Å². The molecule has 166 valence electrons. The van der Waals surface area contributed by atoms with Crippen molar-refractivity contribution in [1.29, 1.82) is 0 Å². The highest BCUT2D eigenvalue weighted by molar-refractivity contribution is 5.97. The minimum Gasteiger partial charge on any atom is -0.457 e. The maximum absolute atomic E-state index is 13.0. The molecule has 0 saturated carbocycles. The molecule has 0 saturated heterocycles. The summed E-state index contributed by atoms with van der Waals surface area (Å²) in [5, 5.41) is 23.4. The molecule has 0 aliphatic rings. The van der Waals surface area contributed by atoms with Gasteiger partial charge in [0.25, 0.3) is 5.91 Å². The van der Waals surface area contributed by atoms with Crippen molar-refractivity contribution in [3.05, 3.63) is 72.5 Å². The second-order valence-corrected chi connectivity index (χ2v) is 6.92. The summed E-state index contributed by atoms with van der Waals surface area (Å²) < 4.78 is 18.7. The maximum Gasteiger partial charge on any atom is 0.250 e. The zero-order chi connectivity index (χ0) is 23.1. The molecule has 0 fully saturated rings. The highest BCUT2D eigenvalue weighted by Gasteiger charge is 2.25. The molecular formula is C23H22FN3O5. The number of hydrogen-bond acceptors (Lipinski definition) is 6. The largest absolute Gasteiger partial charge is 0.457 e. The molecule has 9 heteroatoms. The first-order valence-corrected chi connectivity index (χ1v) is 9.76. The summed E-state index contributed by atoms with van der Waals surface area (Å²) >= 11 is 0. The van der Waals surface area contributed by atoms with Crippen molar-refractivity contribution in [3.8, 4) is 22.8 Å². The van der Waals surface area contributed by atoms with Gasteiger partial charge in [0.1, 0.15) is 35.8 Å². The van der Waals surface area contributed by atoms with Gasteiger partial charge >= 0.3 is 0 Å². The third kappa shape index (κ3) is 6.10. The van der Waals surface area contributed by atoms with Gasteiger partial charge in [-0.25, -0.2) is 9.37 Å². The highest BCUT2D eigenvalue weighted by Crippen LogP contribution is 2.25. The van der Waals surface area contributed by atoms with Crippen LogP contribution >= 0.6 is 0 Å². The molecular weight excluding hydrogens is 417 g/mol. The monoisotopic (exact) mass is 439 g/mol. The zero-order valence-electron chi connectivity index (χ0n) is 17.2. The molecule has 0 aliphatic heterocycles. The predicted octanol–water partition coefficient (Wildman–Crippen LogP) is 2.48. The number of pyridine rings is 1. The van der Waals surface area contributed by atoms with Crippen LogP contribution in [0.25, 0.3) is 11.3 Å². The lowest BCUT2D eigenvalue weighted by molar-refractivity contribution is -0.130. The van der Waals surface area contributed by atoms with E-state index in [4.69, 9.17) is 9.84 Å². The van der Waals surface area contributed by atoms with Gasteiger partial charge in [-0.2, -0.15) is 0 Å². The minimum atomic E-state index is -1.25. The zero-order valence-corrected chi connectivity index (χ0v) is 17.2. The smallest absolute Gasteiger partial charge is 0.250 e. The van der Waals surface area contributed by atoms with E-state index in [9.17, 15) is 19.1 Å². The number of carbonyl (C=O) groups is 2. The van der Waals surface area contributed by atoms with Gasteiger partial charge in [0.2, 0.25) is 5.91 Å². The topological polar surface area (TPSA) is 121 Å². The van der Waals surface area contributed by atoms with Crippen LogP contribution in [0, 0.1) is 5.82 Å². The third-order valence-electron chi connectivity index (χ3n) is 4.42. The quantitative estimate of drug-likeness (QED) is 0.428. The van der Waals surface area contributed by atoms with E-state index in [-0.39, 0.29) is 11.6 Å². The molecule has 2 aromatic carbocycles. The lowest BCUT2D eigenvalue weighted by atomic mass is 10.1. The average molecular weight is 439 g/mol. The fourth-order valence-corrected chi connectivity index (χ4v) is 2.83. The Kier molecular flexibility index (Phi) is 7.48. The van der Waals surface area contributed by atoms with Crippen molar-refractivity contribution in [2.24, 2.45) is 0 Å². The summed E-state index contributed by atoms with van der Waals surface area (Å²) in [6.07, 6.45) is -1.18. The first-order chi connectivity index (χ1) is 15.4. The Balaban J connectivity index is 1.70. The molecule has 0 unspecified atom stereocenters. The van der Waals surface area contributed by atoms with Gasteiger partial charge in [-0.3, -0.25) is 9.59 Å². The molecule has 1 heterocycles. The Morgan fingerprint density at radius 1 is 1.03 bits per heavy atom. The Morgan fingerprint density at radius 2 is 1.66 bits per heavy atom. The van der Waals surface area contributed by atoms with Crippen molar-refractivity contribution >= 4 is 17.6 Å². The SMILES string of the molecule is C[C@H](O)[C@H](NC(=O)CO)C(=O)Nc1cccc(-c2ccc(Oc3ccc(F)cc3)cc2)n1. The second-order valence-electron chi connectivity index (χ2n) is 6.92. The highest BCUT2D eigenvalue weighted by atomic mass is 19.1. The second kappa shape index (κ2) is 10.5. The van der Waals surface area contributed by atoms with Crippen LogP contribution in [0.1, 0.15) is 6.92 Å². The van der Waals surface area contributed by atoms with E-state index in [1.54, 1.807) is 42.5 Å². The average Bonchev–Trinajstić information content (AvgIpc) is 2.79. The number of aromatic nitrogens is 1. The van der Waals surface area contributed by atoms with Crippen LogP contribution in [0.2, 0.25) is 0 Å². The maximum atomic E-state index is 13.0. The summed E-state index contributed by atoms with van der Waals surface area (Å²) in [5.74, 6) is -0.512. The van der Waals surface area contributed by atoms with Crippen LogP contribution < -0.4 is 15.4 Å². The van der Waals surface area contributed by atoms with Crippen LogP contribution in [-0.2, 0) is 9.59 Å². The van der Waals surface area contributed by atoms with Crippen molar-refractivity contribution in [2.75, 3.05) is 11.9 Å².